The van der Waals surface area contributed by atoms with Crippen molar-refractivity contribution in [2.45, 2.75) is 69.7 Å². The molecule has 0 spiro atoms. The van der Waals surface area contributed by atoms with E-state index in [4.69, 9.17) is 0 Å². The van der Waals surface area contributed by atoms with Gasteiger partial charge in [0.1, 0.15) is 0 Å². The van der Waals surface area contributed by atoms with E-state index in [0.717, 1.165) is 62.9 Å². The summed E-state index contributed by atoms with van der Waals surface area (Å²) in [4.78, 5) is 26.8. The minimum atomic E-state index is -0.267. The standard InChI is InChI=1S/C19H31N3O2/c23-17(13-22-5-3-1-2-4-6-22)20-18(24)21-19-10-14-7-15(11-19)9-16(8-14)12-19/h14-16H,1-13H2,(H2,20,21,23,24). The first-order valence-corrected chi connectivity index (χ1v) is 9.95. The van der Waals surface area contributed by atoms with Gasteiger partial charge in [-0.2, -0.15) is 0 Å². The Balaban J connectivity index is 1.28. The van der Waals surface area contributed by atoms with E-state index in [1.54, 1.807) is 0 Å². The van der Waals surface area contributed by atoms with E-state index in [1.807, 2.05) is 0 Å². The maximum Gasteiger partial charge on any atom is 0.321 e. The number of hydrogen-bond acceptors (Lipinski definition) is 3. The van der Waals surface area contributed by atoms with Crippen molar-refractivity contribution >= 4 is 11.9 Å². The van der Waals surface area contributed by atoms with Gasteiger partial charge in [-0.1, -0.05) is 12.8 Å². The van der Waals surface area contributed by atoms with E-state index >= 15 is 0 Å². The monoisotopic (exact) mass is 333 g/mol. The first-order valence-electron chi connectivity index (χ1n) is 9.95. The number of rotatable bonds is 3. The van der Waals surface area contributed by atoms with Gasteiger partial charge in [0.15, 0.2) is 0 Å². The van der Waals surface area contributed by atoms with Crippen LogP contribution in [0.1, 0.15) is 64.2 Å². The molecule has 4 aliphatic carbocycles. The molecule has 1 heterocycles. The van der Waals surface area contributed by atoms with Gasteiger partial charge in [0, 0.05) is 5.54 Å². The van der Waals surface area contributed by atoms with E-state index in [0.29, 0.717) is 6.54 Å². The van der Waals surface area contributed by atoms with Gasteiger partial charge in [-0.25, -0.2) is 4.79 Å². The fraction of sp³-hybridized carbons (Fsp3) is 0.895. The summed E-state index contributed by atoms with van der Waals surface area (Å²) in [7, 11) is 0. The molecule has 0 aromatic carbocycles. The van der Waals surface area contributed by atoms with Gasteiger partial charge < -0.3 is 5.32 Å². The summed E-state index contributed by atoms with van der Waals surface area (Å²) in [6.07, 6.45) is 12.3. The Kier molecular flexibility index (Phi) is 4.54. The van der Waals surface area contributed by atoms with Crippen molar-refractivity contribution < 1.29 is 9.59 Å². The minimum absolute atomic E-state index is 0.0261. The molecule has 3 amide bonds. The van der Waals surface area contributed by atoms with Crippen LogP contribution in [0.25, 0.3) is 0 Å². The molecule has 5 nitrogen and oxygen atoms in total. The Hall–Kier alpha value is -1.10. The van der Waals surface area contributed by atoms with E-state index in [-0.39, 0.29) is 17.5 Å². The van der Waals surface area contributed by atoms with E-state index in [9.17, 15) is 9.59 Å². The number of nitrogens with zero attached hydrogens (tertiary/aromatic N) is 1. The number of likely N-dealkylation sites (tertiary alicyclic amines) is 1. The molecule has 5 aliphatic rings. The van der Waals surface area contributed by atoms with E-state index in [1.165, 1.54) is 32.1 Å². The van der Waals surface area contributed by atoms with Crippen molar-refractivity contribution in [3.05, 3.63) is 0 Å². The molecule has 1 aliphatic heterocycles. The number of hydrogen-bond donors (Lipinski definition) is 2. The van der Waals surface area contributed by atoms with Crippen LogP contribution in [0.15, 0.2) is 0 Å². The predicted octanol–water partition coefficient (Wildman–Crippen LogP) is 2.66. The predicted molar refractivity (Wildman–Crippen MR) is 92.5 cm³/mol. The van der Waals surface area contributed by atoms with Crippen LogP contribution in [-0.4, -0.2) is 42.0 Å². The molecule has 134 valence electrons. The summed E-state index contributed by atoms with van der Waals surface area (Å²) in [5, 5.41) is 5.81. The SMILES string of the molecule is O=C(CN1CCCCCC1)NC(=O)NC12CC3CC(CC(C3)C1)C2. The normalized spacial score (nSPS) is 38.6. The molecule has 5 rings (SSSR count). The highest BCUT2D eigenvalue weighted by molar-refractivity contribution is 5.95. The van der Waals surface area contributed by atoms with Crippen molar-refractivity contribution in [1.29, 1.82) is 0 Å². The van der Waals surface area contributed by atoms with Crippen molar-refractivity contribution in [2.24, 2.45) is 17.8 Å². The van der Waals surface area contributed by atoms with Gasteiger partial charge in [-0.05, 0) is 82.2 Å². The summed E-state index contributed by atoms with van der Waals surface area (Å²) >= 11 is 0. The number of carbonyl (C=O) groups is 2. The van der Waals surface area contributed by atoms with Crippen LogP contribution in [0.2, 0.25) is 0 Å². The summed E-state index contributed by atoms with van der Waals surface area (Å²) in [5.74, 6) is 2.23. The number of nitrogens with one attached hydrogen (secondary N) is 2. The lowest BCUT2D eigenvalue weighted by Gasteiger charge is -2.56. The molecule has 5 heteroatoms. The van der Waals surface area contributed by atoms with Gasteiger partial charge >= 0.3 is 6.03 Å². The number of carbonyl (C=O) groups excluding carboxylic acids is 2. The second-order valence-corrected chi connectivity index (χ2v) is 8.89. The maximum atomic E-state index is 12.4. The van der Waals surface area contributed by atoms with Crippen LogP contribution in [-0.2, 0) is 4.79 Å². The summed E-state index contributed by atoms with van der Waals surface area (Å²) in [6, 6.07) is -0.267. The van der Waals surface area contributed by atoms with Crippen LogP contribution in [0.5, 0.6) is 0 Å². The van der Waals surface area contributed by atoms with Crippen LogP contribution in [0.3, 0.4) is 0 Å². The first-order chi connectivity index (χ1) is 11.6. The average molecular weight is 333 g/mol. The molecule has 1 saturated heterocycles. The molecule has 24 heavy (non-hydrogen) atoms. The molecule has 4 bridgehead atoms. The fourth-order valence-electron chi connectivity index (χ4n) is 6.20. The molecule has 5 fully saturated rings. The molecule has 4 saturated carbocycles. The number of amides is 3. The molecule has 0 aromatic rings. The van der Waals surface area contributed by atoms with Crippen LogP contribution >= 0.6 is 0 Å². The molecule has 0 radical (unpaired) electrons. The second-order valence-electron chi connectivity index (χ2n) is 8.89. The van der Waals surface area contributed by atoms with Crippen LogP contribution < -0.4 is 10.6 Å². The molecule has 0 aromatic heterocycles. The lowest BCUT2D eigenvalue weighted by Crippen LogP contribution is -2.62. The van der Waals surface area contributed by atoms with Crippen molar-refractivity contribution in [1.82, 2.24) is 15.5 Å². The third-order valence-corrected chi connectivity index (χ3v) is 6.74. The van der Waals surface area contributed by atoms with Crippen LogP contribution in [0.4, 0.5) is 4.79 Å². The highest BCUT2D eigenvalue weighted by atomic mass is 16.2. The highest BCUT2D eigenvalue weighted by Gasteiger charge is 2.51. The Bertz CT molecular complexity index is 462. The quantitative estimate of drug-likeness (QED) is 0.835. The van der Waals surface area contributed by atoms with Gasteiger partial charge in [-0.15, -0.1) is 0 Å². The topological polar surface area (TPSA) is 61.4 Å². The Morgan fingerprint density at radius 2 is 1.42 bits per heavy atom. The Morgan fingerprint density at radius 3 is 1.96 bits per heavy atom. The third kappa shape index (κ3) is 3.61. The zero-order chi connectivity index (χ0) is 16.6. The van der Waals surface area contributed by atoms with E-state index in [2.05, 4.69) is 15.5 Å². The lowest BCUT2D eigenvalue weighted by atomic mass is 9.53. The molecule has 2 N–H and O–H groups in total. The Labute approximate surface area is 144 Å². The fourth-order valence-corrected chi connectivity index (χ4v) is 6.20. The maximum absolute atomic E-state index is 12.4. The smallest absolute Gasteiger partial charge is 0.321 e. The lowest BCUT2D eigenvalue weighted by molar-refractivity contribution is -0.121. The number of urea groups is 1. The Morgan fingerprint density at radius 1 is 0.875 bits per heavy atom. The molecular weight excluding hydrogens is 302 g/mol. The molecule has 0 atom stereocenters. The average Bonchev–Trinajstić information content (AvgIpc) is 2.73. The van der Waals surface area contributed by atoms with E-state index < -0.39 is 0 Å². The number of imide groups is 1. The molecular formula is C19H31N3O2. The van der Waals surface area contributed by atoms with Crippen molar-refractivity contribution in [3.8, 4) is 0 Å². The van der Waals surface area contributed by atoms with Gasteiger partial charge in [-0.3, -0.25) is 15.0 Å². The molecule has 0 unspecified atom stereocenters. The van der Waals surface area contributed by atoms with Gasteiger partial charge in [0.25, 0.3) is 0 Å². The highest BCUT2D eigenvalue weighted by Crippen LogP contribution is 2.55. The van der Waals surface area contributed by atoms with Gasteiger partial charge in [0.2, 0.25) is 5.91 Å². The summed E-state index contributed by atoms with van der Waals surface area (Å²) in [5.41, 5.74) is -0.0261. The van der Waals surface area contributed by atoms with Crippen molar-refractivity contribution in [2.75, 3.05) is 19.6 Å². The minimum Gasteiger partial charge on any atom is -0.332 e. The first kappa shape index (κ1) is 16.4. The zero-order valence-electron chi connectivity index (χ0n) is 14.7. The summed E-state index contributed by atoms with van der Waals surface area (Å²) in [6.45, 7) is 2.31. The second kappa shape index (κ2) is 6.66. The van der Waals surface area contributed by atoms with Crippen molar-refractivity contribution in [3.63, 3.8) is 0 Å². The zero-order valence-corrected chi connectivity index (χ0v) is 14.7. The summed E-state index contributed by atoms with van der Waals surface area (Å²) < 4.78 is 0. The van der Waals surface area contributed by atoms with Gasteiger partial charge in [0.05, 0.1) is 6.54 Å². The third-order valence-electron chi connectivity index (χ3n) is 6.74. The van der Waals surface area contributed by atoms with Crippen LogP contribution in [0, 0.1) is 17.8 Å². The largest absolute Gasteiger partial charge is 0.332 e.